The minimum Gasteiger partial charge on any atom is -0.478 e. The van der Waals surface area contributed by atoms with Crippen molar-refractivity contribution >= 4 is 46.9 Å². The number of aliphatic carboxylic acids is 2. The molecule has 0 spiro atoms. The van der Waals surface area contributed by atoms with Gasteiger partial charge < -0.3 is 31.3 Å². The number of hydrogen-bond acceptors (Lipinski definition) is 8. The van der Waals surface area contributed by atoms with Crippen LogP contribution in [0.3, 0.4) is 0 Å². The number of carbonyl (C=O) groups is 4. The summed E-state index contributed by atoms with van der Waals surface area (Å²) in [6, 6.07) is 12.1. The highest BCUT2D eigenvalue weighted by atomic mass is 35.5. The van der Waals surface area contributed by atoms with E-state index in [4.69, 9.17) is 27.5 Å². The highest BCUT2D eigenvalue weighted by Gasteiger charge is 2.40. The van der Waals surface area contributed by atoms with E-state index < -0.39 is 35.5 Å². The molecule has 1 aromatic carbocycles. The first-order valence-corrected chi connectivity index (χ1v) is 14.5. The Bertz CT molecular complexity index is 1330. The zero-order chi connectivity index (χ0) is 33.2. The van der Waals surface area contributed by atoms with E-state index in [-0.39, 0.29) is 30.7 Å². The minimum absolute atomic E-state index is 0.00570. The van der Waals surface area contributed by atoms with E-state index in [1.165, 1.54) is 0 Å². The third-order valence-electron chi connectivity index (χ3n) is 7.24. The first-order valence-electron chi connectivity index (χ1n) is 14.1. The Hall–Kier alpha value is -3.84. The number of nitrogens with two attached hydrogens (primary N) is 1. The van der Waals surface area contributed by atoms with Gasteiger partial charge >= 0.3 is 11.9 Å². The maximum atomic E-state index is 13.0. The second-order valence-electron chi connectivity index (χ2n) is 11.6. The molecule has 1 aromatic heterocycles. The van der Waals surface area contributed by atoms with Gasteiger partial charge in [-0.05, 0) is 57.4 Å². The molecule has 1 aliphatic rings. The van der Waals surface area contributed by atoms with Gasteiger partial charge in [0.2, 0.25) is 11.8 Å². The molecule has 0 radical (unpaired) electrons. The van der Waals surface area contributed by atoms with Crippen molar-refractivity contribution in [2.24, 2.45) is 17.6 Å². The van der Waals surface area contributed by atoms with Crippen molar-refractivity contribution in [1.82, 2.24) is 9.88 Å². The molecule has 1 fully saturated rings. The fourth-order valence-electron chi connectivity index (χ4n) is 4.71. The second kappa shape index (κ2) is 16.3. The van der Waals surface area contributed by atoms with Crippen LogP contribution < -0.4 is 16.0 Å². The van der Waals surface area contributed by atoms with E-state index in [9.17, 15) is 24.3 Å². The van der Waals surface area contributed by atoms with Crippen LogP contribution in [0.2, 0.25) is 5.02 Å². The maximum absolute atomic E-state index is 13.0. The highest BCUT2D eigenvalue weighted by Crippen LogP contribution is 2.31. The molecule has 3 atom stereocenters. The number of aliphatic hydroxyl groups is 1. The Morgan fingerprint density at radius 2 is 1.70 bits per heavy atom. The van der Waals surface area contributed by atoms with Crippen LogP contribution in [0.25, 0.3) is 0 Å². The van der Waals surface area contributed by atoms with Crippen LogP contribution in [0.1, 0.15) is 39.8 Å². The van der Waals surface area contributed by atoms with Crippen molar-refractivity contribution in [2.75, 3.05) is 29.9 Å². The molecule has 12 nitrogen and oxygen atoms in total. The molecule has 2 amide bonds. The second-order valence-corrected chi connectivity index (χ2v) is 12.0. The number of pyridine rings is 1. The third-order valence-corrected chi connectivity index (χ3v) is 7.56. The zero-order valence-corrected chi connectivity index (χ0v) is 26.4. The number of halogens is 1. The molecule has 13 heteroatoms. The van der Waals surface area contributed by atoms with Crippen molar-refractivity contribution in [3.63, 3.8) is 0 Å². The number of carboxylic acids is 2. The molecule has 6 N–H and O–H groups in total. The molecule has 0 aliphatic carbocycles. The summed E-state index contributed by atoms with van der Waals surface area (Å²) in [4.78, 5) is 53.1. The van der Waals surface area contributed by atoms with Crippen molar-refractivity contribution in [1.29, 1.82) is 0 Å². The van der Waals surface area contributed by atoms with E-state index in [2.05, 4.69) is 10.3 Å². The van der Waals surface area contributed by atoms with Gasteiger partial charge in [-0.2, -0.15) is 0 Å². The third kappa shape index (κ3) is 11.0. The Morgan fingerprint density at radius 3 is 2.25 bits per heavy atom. The zero-order valence-electron chi connectivity index (χ0n) is 25.6. The number of aliphatic hydroxyl groups excluding tert-OH is 1. The van der Waals surface area contributed by atoms with E-state index in [1.807, 2.05) is 69.9 Å². The summed E-state index contributed by atoms with van der Waals surface area (Å²) in [5, 5.41) is 30.0. The van der Waals surface area contributed by atoms with Gasteiger partial charge in [0, 0.05) is 48.4 Å². The Labute approximate surface area is 262 Å². The predicted molar refractivity (Wildman–Crippen MR) is 168 cm³/mol. The number of nitrogens with one attached hydrogen (secondary N) is 1. The van der Waals surface area contributed by atoms with E-state index in [0.717, 1.165) is 5.69 Å². The summed E-state index contributed by atoms with van der Waals surface area (Å²) >= 11 is 6.34. The minimum atomic E-state index is -1.26. The van der Waals surface area contributed by atoms with Crippen molar-refractivity contribution in [3.05, 3.63) is 65.3 Å². The van der Waals surface area contributed by atoms with Crippen LogP contribution in [0.15, 0.2) is 54.6 Å². The molecule has 44 heavy (non-hydrogen) atoms. The summed E-state index contributed by atoms with van der Waals surface area (Å²) in [5.74, 6) is -2.75. The Kier molecular flexibility index (Phi) is 13.5. The molecule has 3 rings (SSSR count). The van der Waals surface area contributed by atoms with Gasteiger partial charge in [0.25, 0.3) is 0 Å². The first-order chi connectivity index (χ1) is 20.5. The Morgan fingerprint density at radius 1 is 1.09 bits per heavy atom. The molecule has 2 heterocycles. The topological polar surface area (TPSA) is 186 Å². The molecule has 1 aliphatic heterocycles. The Balaban J connectivity index is 0.000000742. The number of benzene rings is 1. The van der Waals surface area contributed by atoms with E-state index in [0.29, 0.717) is 41.8 Å². The normalized spacial score (nSPS) is 17.0. The van der Waals surface area contributed by atoms with Gasteiger partial charge in [-0.1, -0.05) is 43.6 Å². The molecular formula is C31H42ClN5O7. The molecule has 0 saturated carbocycles. The average molecular weight is 632 g/mol. The van der Waals surface area contributed by atoms with E-state index in [1.54, 1.807) is 17.0 Å². The molecular weight excluding hydrogens is 590 g/mol. The highest BCUT2D eigenvalue weighted by molar-refractivity contribution is 6.33. The van der Waals surface area contributed by atoms with E-state index >= 15 is 0 Å². The molecule has 1 saturated heterocycles. The summed E-state index contributed by atoms with van der Waals surface area (Å²) in [6.07, 6.45) is 0.413. The standard InChI is InChI=1S/C27H38ClN5O3.C4H4O4/c1-17(2)19(26(36)31-24-12-8-9-18(3)30-24)13-23(34)21(29)14-32-15-25(35)33(16-27(32,4)5)22-11-7-6-10-20(22)28;5-3(6)1-2-4(7)8/h6-12,17,19,21,23,34H,13-16,29H2,1-5H3,(H,30,31,36);1-2H,(H,5,6)(H,7,8)/b;2-1+/t19-,21-,23-;/m0./s1. The fourth-order valence-corrected chi connectivity index (χ4v) is 4.94. The van der Waals surface area contributed by atoms with Crippen molar-refractivity contribution < 1.29 is 34.5 Å². The first kappa shape index (κ1) is 36.4. The van der Waals surface area contributed by atoms with Crippen LogP contribution in [0.5, 0.6) is 0 Å². The number of aromatic nitrogens is 1. The molecule has 240 valence electrons. The number of piperazine rings is 1. The van der Waals surface area contributed by atoms with Gasteiger partial charge in [-0.25, -0.2) is 14.6 Å². The van der Waals surface area contributed by atoms with Gasteiger partial charge in [0.15, 0.2) is 0 Å². The maximum Gasteiger partial charge on any atom is 0.328 e. The van der Waals surface area contributed by atoms with Gasteiger partial charge in [0.05, 0.1) is 23.4 Å². The average Bonchev–Trinajstić information content (AvgIpc) is 2.92. The quantitative estimate of drug-likeness (QED) is 0.231. The van der Waals surface area contributed by atoms with Crippen molar-refractivity contribution in [3.8, 4) is 0 Å². The monoisotopic (exact) mass is 631 g/mol. The lowest BCUT2D eigenvalue weighted by molar-refractivity contribution is -0.134. The van der Waals surface area contributed by atoms with Crippen molar-refractivity contribution in [2.45, 2.75) is 58.7 Å². The van der Waals surface area contributed by atoms with Crippen LogP contribution in [0.4, 0.5) is 11.5 Å². The van der Waals surface area contributed by atoms with Crippen LogP contribution in [-0.4, -0.2) is 86.3 Å². The summed E-state index contributed by atoms with van der Waals surface area (Å²) < 4.78 is 0. The number of amides is 2. The summed E-state index contributed by atoms with van der Waals surface area (Å²) in [5.41, 5.74) is 7.53. The smallest absolute Gasteiger partial charge is 0.328 e. The number of rotatable bonds is 11. The van der Waals surface area contributed by atoms with Gasteiger partial charge in [-0.15, -0.1) is 0 Å². The lowest BCUT2D eigenvalue weighted by Crippen LogP contribution is -2.64. The predicted octanol–water partition coefficient (Wildman–Crippen LogP) is 3.17. The number of carbonyl (C=O) groups excluding carboxylic acids is 2. The number of aryl methyl sites for hydroxylation is 1. The van der Waals surface area contributed by atoms with Gasteiger partial charge in [-0.3, -0.25) is 14.5 Å². The number of para-hydroxylation sites is 1. The SMILES string of the molecule is Cc1cccc(NC(=O)[C@@H](C[C@H](O)[C@@H](N)CN2CC(=O)N(c3ccccc3Cl)CC2(C)C)C(C)C)n1.O=C(O)/C=C/C(=O)O. The molecule has 0 bridgehead atoms. The largest absolute Gasteiger partial charge is 0.478 e. The number of nitrogens with zero attached hydrogens (tertiary/aromatic N) is 3. The van der Waals surface area contributed by atoms with Gasteiger partial charge in [0.1, 0.15) is 5.82 Å². The molecule has 2 aromatic rings. The van der Waals surface area contributed by atoms with Crippen LogP contribution in [0, 0.1) is 18.8 Å². The van der Waals surface area contributed by atoms with Crippen LogP contribution in [-0.2, 0) is 19.2 Å². The number of hydrogen-bond donors (Lipinski definition) is 5. The van der Waals surface area contributed by atoms with Crippen LogP contribution >= 0.6 is 11.6 Å². The fraction of sp³-hybridized carbons (Fsp3) is 0.452. The number of anilines is 2. The lowest BCUT2D eigenvalue weighted by Gasteiger charge is -2.47. The summed E-state index contributed by atoms with van der Waals surface area (Å²) in [6.45, 7) is 10.8. The summed E-state index contributed by atoms with van der Waals surface area (Å²) in [7, 11) is 0. The lowest BCUT2D eigenvalue weighted by atomic mass is 9.87. The molecule has 0 unspecified atom stereocenters. The number of carboxylic acid groups (broad SMARTS) is 2.